The third-order valence-corrected chi connectivity index (χ3v) is 4.66. The largest absolute Gasteiger partial charge is 0.457 e. The molecule has 0 spiro atoms. The van der Waals surface area contributed by atoms with Gasteiger partial charge in [0.1, 0.15) is 31.1 Å². The molecule has 2 heterocycles. The van der Waals surface area contributed by atoms with Crippen molar-refractivity contribution in [3.05, 3.63) is 32.6 Å². The second-order valence-electron chi connectivity index (χ2n) is 7.22. The molecular weight excluding hydrogens is 441 g/mol. The van der Waals surface area contributed by atoms with Crippen molar-refractivity contribution < 1.29 is 32.1 Å². The first-order chi connectivity index (χ1) is 14.5. The minimum absolute atomic E-state index is 0.0000766. The van der Waals surface area contributed by atoms with Crippen LogP contribution in [0, 0.1) is 18.3 Å². The lowest BCUT2D eigenvalue weighted by Gasteiger charge is -2.19. The van der Waals surface area contributed by atoms with Gasteiger partial charge in [-0.25, -0.2) is 4.79 Å². The van der Waals surface area contributed by atoms with E-state index in [0.717, 1.165) is 6.42 Å². The highest BCUT2D eigenvalue weighted by Gasteiger charge is 2.40. The quantitative estimate of drug-likeness (QED) is 0.466. The topological polar surface area (TPSA) is 91.8 Å². The summed E-state index contributed by atoms with van der Waals surface area (Å²) < 4.78 is 61.6. The molecule has 0 saturated carbocycles. The molecule has 1 fully saturated rings. The molecule has 8 nitrogen and oxygen atoms in total. The van der Waals surface area contributed by atoms with E-state index in [2.05, 4.69) is 5.92 Å². The molecule has 12 heteroatoms. The maximum Gasteiger partial charge on any atom is 0.423 e. The Morgan fingerprint density at radius 1 is 1.42 bits per heavy atom. The van der Waals surface area contributed by atoms with Gasteiger partial charge in [-0.3, -0.25) is 14.3 Å². The number of hydrogen-bond donors (Lipinski definition) is 1. The molecule has 1 aliphatic rings. The van der Waals surface area contributed by atoms with E-state index in [0.29, 0.717) is 23.3 Å². The number of H-pyrrole nitrogens is 1. The van der Waals surface area contributed by atoms with Crippen molar-refractivity contribution in [1.82, 2.24) is 9.55 Å². The molecule has 1 N–H and O–H groups in total. The molecule has 0 unspecified atom stereocenters. The molecule has 0 bridgehead atoms. The number of ether oxygens (including phenoxy) is 4. The normalized spacial score (nSPS) is 21.1. The second kappa shape index (κ2) is 10.8. The first-order valence-corrected chi connectivity index (χ1v) is 9.86. The summed E-state index contributed by atoms with van der Waals surface area (Å²) in [6.07, 6.45) is -1.17. The molecule has 1 aromatic rings. The van der Waals surface area contributed by atoms with Crippen molar-refractivity contribution in [3.63, 3.8) is 0 Å². The summed E-state index contributed by atoms with van der Waals surface area (Å²) >= 11 is 4.99. The minimum Gasteiger partial charge on any atom is -0.457 e. The average molecular weight is 464 g/mol. The van der Waals surface area contributed by atoms with Crippen LogP contribution in [-0.4, -0.2) is 46.8 Å². The number of aromatic nitrogens is 2. The lowest BCUT2D eigenvalue weighted by Crippen LogP contribution is -2.36. The van der Waals surface area contributed by atoms with Crippen LogP contribution >= 0.6 is 12.2 Å². The van der Waals surface area contributed by atoms with E-state index in [1.54, 1.807) is 4.98 Å². The molecule has 1 aliphatic heterocycles. The van der Waals surface area contributed by atoms with Crippen molar-refractivity contribution in [2.24, 2.45) is 5.92 Å². The molecule has 1 aromatic heterocycles. The Morgan fingerprint density at radius 2 is 2.13 bits per heavy atom. The monoisotopic (exact) mass is 464 g/mol. The summed E-state index contributed by atoms with van der Waals surface area (Å²) in [4.78, 5) is 25.2. The smallest absolute Gasteiger partial charge is 0.423 e. The zero-order valence-corrected chi connectivity index (χ0v) is 17.8. The van der Waals surface area contributed by atoms with Crippen LogP contribution in [-0.2, 0) is 25.1 Å². The molecule has 0 aromatic carbocycles. The molecule has 1 saturated heterocycles. The van der Waals surface area contributed by atoms with Gasteiger partial charge in [-0.15, -0.1) is 6.42 Å². The number of alkyl halides is 3. The third kappa shape index (κ3) is 7.09. The van der Waals surface area contributed by atoms with Crippen molar-refractivity contribution >= 4 is 17.5 Å². The van der Waals surface area contributed by atoms with Crippen LogP contribution in [0.15, 0.2) is 15.8 Å². The molecule has 0 aliphatic carbocycles. The third-order valence-electron chi connectivity index (χ3n) is 4.43. The number of halogens is 3. The van der Waals surface area contributed by atoms with Crippen LogP contribution in [0.5, 0.6) is 0 Å². The van der Waals surface area contributed by atoms with Crippen LogP contribution < -0.4 is 11.2 Å². The van der Waals surface area contributed by atoms with Gasteiger partial charge in [-0.1, -0.05) is 19.8 Å². The van der Waals surface area contributed by atoms with Gasteiger partial charge < -0.3 is 18.9 Å². The summed E-state index contributed by atoms with van der Waals surface area (Å²) in [5.74, 6) is 2.70. The number of thiocarbonyl (C=S) groups is 1. The Kier molecular flexibility index (Phi) is 8.67. The number of hydrogen-bond acceptors (Lipinski definition) is 7. The van der Waals surface area contributed by atoms with E-state index in [1.165, 1.54) is 0 Å². The number of nitrogens with zero attached hydrogens (tertiary/aromatic N) is 1. The highest BCUT2D eigenvalue weighted by molar-refractivity contribution is 7.79. The lowest BCUT2D eigenvalue weighted by atomic mass is 10.1. The van der Waals surface area contributed by atoms with E-state index < -0.39 is 41.4 Å². The summed E-state index contributed by atoms with van der Waals surface area (Å²) in [6, 6.07) is 0. The van der Waals surface area contributed by atoms with Crippen molar-refractivity contribution in [2.45, 2.75) is 51.3 Å². The highest BCUT2D eigenvalue weighted by atomic mass is 32.1. The van der Waals surface area contributed by atoms with Crippen LogP contribution in [0.4, 0.5) is 13.2 Å². The molecular formula is C19H23F3N2O6S. The molecule has 31 heavy (non-hydrogen) atoms. The van der Waals surface area contributed by atoms with Crippen LogP contribution in [0.1, 0.15) is 38.5 Å². The second-order valence-corrected chi connectivity index (χ2v) is 7.55. The van der Waals surface area contributed by atoms with E-state index >= 15 is 0 Å². The highest BCUT2D eigenvalue weighted by Crippen LogP contribution is 2.32. The Morgan fingerprint density at radius 3 is 2.74 bits per heavy atom. The Bertz CT molecular complexity index is 921. The standard InChI is InChI=1S/C19H23F3N2O6S/c1-4-6-27-13-8-15(24-9-12(19(20,21)22)16(25)23-17(24)26)30-14(13)10-29-18(31)28-7-5-11(2)3/h1,9,11,13-15H,5-8,10H2,2-3H3,(H,23,25,26)/t13-,14+,15+/m0/s1. The fourth-order valence-electron chi connectivity index (χ4n) is 2.82. The van der Waals surface area contributed by atoms with E-state index in [9.17, 15) is 22.8 Å². The number of terminal acetylenes is 1. The molecule has 0 amide bonds. The van der Waals surface area contributed by atoms with E-state index in [1.807, 2.05) is 13.8 Å². The number of aromatic amines is 1. The molecule has 172 valence electrons. The Hall–Kier alpha value is -2.36. The predicted molar refractivity (Wildman–Crippen MR) is 107 cm³/mol. The Labute approximate surface area is 181 Å². The first kappa shape index (κ1) is 24.9. The van der Waals surface area contributed by atoms with Crippen LogP contribution in [0.3, 0.4) is 0 Å². The van der Waals surface area contributed by atoms with Crippen molar-refractivity contribution in [3.8, 4) is 12.3 Å². The molecule has 3 atom stereocenters. The summed E-state index contributed by atoms with van der Waals surface area (Å²) in [5.41, 5.74) is -4.10. The van der Waals surface area contributed by atoms with Gasteiger partial charge >= 0.3 is 17.1 Å². The zero-order chi connectivity index (χ0) is 23.2. The lowest BCUT2D eigenvalue weighted by molar-refractivity contribution is -0.139. The van der Waals surface area contributed by atoms with Gasteiger partial charge in [0.2, 0.25) is 0 Å². The maximum absolute atomic E-state index is 13.1. The summed E-state index contributed by atoms with van der Waals surface area (Å²) in [7, 11) is 0. The fraction of sp³-hybridized carbons (Fsp3) is 0.632. The summed E-state index contributed by atoms with van der Waals surface area (Å²) in [5, 5.41) is -0.107. The molecule has 2 rings (SSSR count). The Balaban J connectivity index is 2.12. The van der Waals surface area contributed by atoms with Gasteiger partial charge in [-0.05, 0) is 12.3 Å². The van der Waals surface area contributed by atoms with E-state index in [4.69, 9.17) is 37.6 Å². The SMILES string of the molecule is C#CCO[C@H]1C[C@H](n2cc(C(F)(F)F)c(=O)[nH]c2=O)O[C@@H]1COC(=S)OCCC(C)C. The summed E-state index contributed by atoms with van der Waals surface area (Å²) in [6.45, 7) is 4.21. The van der Waals surface area contributed by atoms with Gasteiger partial charge in [0, 0.05) is 24.8 Å². The van der Waals surface area contributed by atoms with Gasteiger partial charge in [0.15, 0.2) is 0 Å². The van der Waals surface area contributed by atoms with Crippen molar-refractivity contribution in [2.75, 3.05) is 19.8 Å². The molecule has 0 radical (unpaired) electrons. The van der Waals surface area contributed by atoms with Gasteiger partial charge in [0.25, 0.3) is 5.56 Å². The predicted octanol–water partition coefficient (Wildman–Crippen LogP) is 2.23. The van der Waals surface area contributed by atoms with Gasteiger partial charge in [-0.2, -0.15) is 13.2 Å². The maximum atomic E-state index is 13.1. The van der Waals surface area contributed by atoms with E-state index in [-0.39, 0.29) is 24.9 Å². The first-order valence-electron chi connectivity index (χ1n) is 9.45. The fourth-order valence-corrected chi connectivity index (χ4v) is 2.97. The number of nitrogens with one attached hydrogen (secondary N) is 1. The van der Waals surface area contributed by atoms with Crippen LogP contribution in [0.25, 0.3) is 0 Å². The van der Waals surface area contributed by atoms with Gasteiger partial charge in [0.05, 0.1) is 12.7 Å². The van der Waals surface area contributed by atoms with Crippen LogP contribution in [0.2, 0.25) is 0 Å². The average Bonchev–Trinajstić information content (AvgIpc) is 3.06. The number of rotatable bonds is 8. The minimum atomic E-state index is -4.94. The van der Waals surface area contributed by atoms with Crippen molar-refractivity contribution in [1.29, 1.82) is 0 Å². The zero-order valence-electron chi connectivity index (χ0n) is 16.9.